The van der Waals surface area contributed by atoms with Gasteiger partial charge < -0.3 is 10.2 Å². The minimum absolute atomic E-state index is 0.851. The van der Waals surface area contributed by atoms with E-state index in [0.29, 0.717) is 0 Å². The minimum Gasteiger partial charge on any atom is -0.311 e. The lowest BCUT2D eigenvalue weighted by atomic mass is 9.97. The molecule has 18 heavy (non-hydrogen) atoms. The third kappa shape index (κ3) is 3.82. The zero-order valence-electron chi connectivity index (χ0n) is 11.7. The summed E-state index contributed by atoms with van der Waals surface area (Å²) in [6, 6.07) is 2.12. The number of nitrogens with zero attached hydrogens (tertiary/aromatic N) is 3. The van der Waals surface area contributed by atoms with Crippen LogP contribution in [0.1, 0.15) is 31.9 Å². The first-order valence-electron chi connectivity index (χ1n) is 7.19. The van der Waals surface area contributed by atoms with Crippen molar-refractivity contribution < 1.29 is 0 Å². The van der Waals surface area contributed by atoms with Crippen molar-refractivity contribution in [3.8, 4) is 0 Å². The number of rotatable bonds is 6. The zero-order chi connectivity index (χ0) is 12.8. The number of piperidine rings is 1. The standard InChI is InChI=1S/C14H26N4/c1-3-8-18-14(4-7-16-18)12-15-11-13-5-9-17(2)10-6-13/h4,7,13,15H,3,5-6,8-12H2,1-2H3. The summed E-state index contributed by atoms with van der Waals surface area (Å²) in [5, 5.41) is 7.94. The van der Waals surface area contributed by atoms with Crippen molar-refractivity contribution in [1.29, 1.82) is 0 Å². The van der Waals surface area contributed by atoms with E-state index in [1.807, 2.05) is 6.20 Å². The quantitative estimate of drug-likeness (QED) is 0.834. The highest BCUT2D eigenvalue weighted by Crippen LogP contribution is 2.14. The van der Waals surface area contributed by atoms with E-state index in [1.54, 1.807) is 0 Å². The molecule has 1 aromatic rings. The van der Waals surface area contributed by atoms with Gasteiger partial charge >= 0.3 is 0 Å². The van der Waals surface area contributed by atoms with E-state index in [2.05, 4.69) is 40.0 Å². The van der Waals surface area contributed by atoms with Crippen LogP contribution in [-0.4, -0.2) is 41.4 Å². The lowest BCUT2D eigenvalue weighted by Crippen LogP contribution is -2.35. The molecule has 0 saturated carbocycles. The fourth-order valence-corrected chi connectivity index (χ4v) is 2.59. The van der Waals surface area contributed by atoms with Gasteiger partial charge in [0.2, 0.25) is 0 Å². The van der Waals surface area contributed by atoms with Gasteiger partial charge in [-0.3, -0.25) is 4.68 Å². The molecule has 2 heterocycles. The van der Waals surface area contributed by atoms with Crippen molar-refractivity contribution in [1.82, 2.24) is 20.0 Å². The summed E-state index contributed by atoms with van der Waals surface area (Å²) < 4.78 is 2.11. The summed E-state index contributed by atoms with van der Waals surface area (Å²) in [5.74, 6) is 0.851. The van der Waals surface area contributed by atoms with Crippen LogP contribution in [0.2, 0.25) is 0 Å². The number of aromatic nitrogens is 2. The third-order valence-electron chi connectivity index (χ3n) is 3.82. The average Bonchev–Trinajstić information content (AvgIpc) is 2.80. The van der Waals surface area contributed by atoms with Gasteiger partial charge in [0.15, 0.2) is 0 Å². The van der Waals surface area contributed by atoms with Crippen molar-refractivity contribution in [3.05, 3.63) is 18.0 Å². The average molecular weight is 250 g/mol. The Balaban J connectivity index is 1.70. The Morgan fingerprint density at radius 2 is 2.17 bits per heavy atom. The number of hydrogen-bond acceptors (Lipinski definition) is 3. The van der Waals surface area contributed by atoms with E-state index >= 15 is 0 Å². The van der Waals surface area contributed by atoms with Gasteiger partial charge in [-0.15, -0.1) is 0 Å². The molecule has 1 aliphatic heterocycles. The van der Waals surface area contributed by atoms with Crippen molar-refractivity contribution in [2.45, 2.75) is 39.3 Å². The van der Waals surface area contributed by atoms with Crippen LogP contribution < -0.4 is 5.32 Å². The van der Waals surface area contributed by atoms with Crippen molar-refractivity contribution >= 4 is 0 Å². The van der Waals surface area contributed by atoms with Crippen molar-refractivity contribution in [2.24, 2.45) is 5.92 Å². The molecule has 4 heteroatoms. The van der Waals surface area contributed by atoms with E-state index in [4.69, 9.17) is 0 Å². The van der Waals surface area contributed by atoms with Crippen LogP contribution in [0.25, 0.3) is 0 Å². The highest BCUT2D eigenvalue weighted by Gasteiger charge is 2.16. The fraction of sp³-hybridized carbons (Fsp3) is 0.786. The van der Waals surface area contributed by atoms with Crippen LogP contribution in [0.5, 0.6) is 0 Å². The fourth-order valence-electron chi connectivity index (χ4n) is 2.59. The van der Waals surface area contributed by atoms with E-state index < -0.39 is 0 Å². The third-order valence-corrected chi connectivity index (χ3v) is 3.82. The summed E-state index contributed by atoms with van der Waals surface area (Å²) in [6.07, 6.45) is 5.71. The zero-order valence-corrected chi connectivity index (χ0v) is 11.7. The summed E-state index contributed by atoms with van der Waals surface area (Å²) in [4.78, 5) is 2.42. The Morgan fingerprint density at radius 3 is 2.89 bits per heavy atom. The smallest absolute Gasteiger partial charge is 0.0522 e. The van der Waals surface area contributed by atoms with Gasteiger partial charge in [-0.2, -0.15) is 5.10 Å². The van der Waals surface area contributed by atoms with Crippen LogP contribution in [0.15, 0.2) is 12.3 Å². The van der Waals surface area contributed by atoms with Crippen LogP contribution >= 0.6 is 0 Å². The number of nitrogens with one attached hydrogen (secondary N) is 1. The molecule has 0 bridgehead atoms. The van der Waals surface area contributed by atoms with Gasteiger partial charge in [0, 0.05) is 19.3 Å². The van der Waals surface area contributed by atoms with Crippen LogP contribution in [0, 0.1) is 5.92 Å². The second kappa shape index (κ2) is 6.90. The van der Waals surface area contributed by atoms with Crippen LogP contribution in [0.4, 0.5) is 0 Å². The molecule has 0 radical (unpaired) electrons. The second-order valence-corrected chi connectivity index (χ2v) is 5.42. The maximum atomic E-state index is 4.35. The molecule has 1 fully saturated rings. The number of aryl methyl sites for hydroxylation is 1. The number of hydrogen-bond donors (Lipinski definition) is 1. The molecule has 0 spiro atoms. The summed E-state index contributed by atoms with van der Waals surface area (Å²) in [7, 11) is 2.22. The van der Waals surface area contributed by atoms with Crippen molar-refractivity contribution in [2.75, 3.05) is 26.7 Å². The highest BCUT2D eigenvalue weighted by molar-refractivity contribution is 5.00. The van der Waals surface area contributed by atoms with Crippen LogP contribution in [0.3, 0.4) is 0 Å². The summed E-state index contributed by atoms with van der Waals surface area (Å²) in [6.45, 7) is 7.81. The van der Waals surface area contributed by atoms with Gasteiger partial charge in [0.25, 0.3) is 0 Å². The van der Waals surface area contributed by atoms with Gasteiger partial charge in [0.1, 0.15) is 0 Å². The lowest BCUT2D eigenvalue weighted by Gasteiger charge is -2.29. The Hall–Kier alpha value is -0.870. The van der Waals surface area contributed by atoms with Gasteiger partial charge in [-0.25, -0.2) is 0 Å². The largest absolute Gasteiger partial charge is 0.311 e. The first-order valence-corrected chi connectivity index (χ1v) is 7.19. The molecule has 2 rings (SSSR count). The molecule has 1 aliphatic rings. The molecule has 102 valence electrons. The molecule has 0 aliphatic carbocycles. The van der Waals surface area contributed by atoms with Gasteiger partial charge in [-0.1, -0.05) is 6.92 Å². The van der Waals surface area contributed by atoms with E-state index in [0.717, 1.165) is 32.0 Å². The van der Waals surface area contributed by atoms with E-state index in [1.165, 1.54) is 31.6 Å². The Kier molecular flexibility index (Phi) is 5.20. The molecule has 4 nitrogen and oxygen atoms in total. The molecule has 1 aromatic heterocycles. The minimum atomic E-state index is 0.851. The molecule has 0 amide bonds. The van der Waals surface area contributed by atoms with Crippen LogP contribution in [-0.2, 0) is 13.1 Å². The molecule has 0 atom stereocenters. The first-order chi connectivity index (χ1) is 8.79. The maximum Gasteiger partial charge on any atom is 0.0522 e. The predicted octanol–water partition coefficient (Wildman–Crippen LogP) is 1.72. The summed E-state index contributed by atoms with van der Waals surface area (Å²) in [5.41, 5.74) is 1.31. The van der Waals surface area contributed by atoms with Crippen molar-refractivity contribution in [3.63, 3.8) is 0 Å². The predicted molar refractivity (Wildman–Crippen MR) is 74.4 cm³/mol. The van der Waals surface area contributed by atoms with Gasteiger partial charge in [0.05, 0.1) is 5.69 Å². The second-order valence-electron chi connectivity index (χ2n) is 5.42. The number of likely N-dealkylation sites (tertiary alicyclic amines) is 1. The Labute approximate surface area is 110 Å². The van der Waals surface area contributed by atoms with E-state index in [-0.39, 0.29) is 0 Å². The Morgan fingerprint density at radius 1 is 1.39 bits per heavy atom. The lowest BCUT2D eigenvalue weighted by molar-refractivity contribution is 0.215. The maximum absolute atomic E-state index is 4.35. The molecule has 0 unspecified atom stereocenters. The SMILES string of the molecule is CCCn1nccc1CNCC1CCN(C)CC1. The molecule has 0 aromatic carbocycles. The van der Waals surface area contributed by atoms with Gasteiger partial charge in [-0.05, 0) is 57.9 Å². The molecule has 1 N–H and O–H groups in total. The highest BCUT2D eigenvalue weighted by atomic mass is 15.3. The molecule has 1 saturated heterocycles. The topological polar surface area (TPSA) is 33.1 Å². The van der Waals surface area contributed by atoms with E-state index in [9.17, 15) is 0 Å². The Bertz CT molecular complexity index is 339. The first kappa shape index (κ1) is 13.6. The normalized spacial score (nSPS) is 18.3. The molecular formula is C14H26N4. The monoisotopic (exact) mass is 250 g/mol. The molecular weight excluding hydrogens is 224 g/mol. The summed E-state index contributed by atoms with van der Waals surface area (Å²) >= 11 is 0.